The highest BCUT2D eigenvalue weighted by Crippen LogP contribution is 2.36. The molecule has 0 unspecified atom stereocenters. The van der Waals surface area contributed by atoms with E-state index in [-0.39, 0.29) is 12.5 Å². The summed E-state index contributed by atoms with van der Waals surface area (Å²) in [5, 5.41) is 0. The number of benzene rings is 2. The molecule has 33 heavy (non-hydrogen) atoms. The van der Waals surface area contributed by atoms with Gasteiger partial charge in [-0.25, -0.2) is 4.98 Å². The van der Waals surface area contributed by atoms with Crippen molar-refractivity contribution in [3.05, 3.63) is 78.1 Å². The molecule has 3 heterocycles. The molecule has 5 rings (SSSR count). The van der Waals surface area contributed by atoms with Crippen molar-refractivity contribution in [3.8, 4) is 17.0 Å². The van der Waals surface area contributed by atoms with Crippen LogP contribution in [0.15, 0.2) is 66.9 Å². The Kier molecular flexibility index (Phi) is 5.48. The molecule has 7 heteroatoms. The Balaban J connectivity index is 1.58. The zero-order valence-corrected chi connectivity index (χ0v) is 18.9. The monoisotopic (exact) mass is 441 g/mol. The predicted octanol–water partition coefficient (Wildman–Crippen LogP) is 3.96. The largest absolute Gasteiger partial charge is 0.482 e. The average molecular weight is 442 g/mol. The highest BCUT2D eigenvalue weighted by molar-refractivity contribution is 5.98. The number of likely N-dealkylation sites (N-methyl/N-ethyl adjacent to an activating group) is 1. The number of nitrogens with zero attached hydrogens (tertiary/aromatic N) is 4. The lowest BCUT2D eigenvalue weighted by Gasteiger charge is -2.26. The lowest BCUT2D eigenvalue weighted by atomic mass is 10.1. The predicted molar refractivity (Wildman–Crippen MR) is 130 cm³/mol. The van der Waals surface area contributed by atoms with Gasteiger partial charge in [-0.3, -0.25) is 9.69 Å². The summed E-state index contributed by atoms with van der Waals surface area (Å²) in [6, 6.07) is 20.2. The molecule has 0 spiro atoms. The second-order valence-electron chi connectivity index (χ2n) is 8.31. The van der Waals surface area contributed by atoms with Gasteiger partial charge in [0.2, 0.25) is 0 Å². The highest BCUT2D eigenvalue weighted by Gasteiger charge is 2.24. The summed E-state index contributed by atoms with van der Waals surface area (Å²) < 4.78 is 7.68. The van der Waals surface area contributed by atoms with Gasteiger partial charge in [-0.05, 0) is 42.4 Å². The van der Waals surface area contributed by atoms with Crippen LogP contribution in [0.1, 0.15) is 18.2 Å². The van der Waals surface area contributed by atoms with Crippen LogP contribution in [0.25, 0.3) is 16.9 Å². The number of nitrogens with two attached hydrogens (primary N) is 1. The average Bonchev–Trinajstić information content (AvgIpc) is 3.19. The van der Waals surface area contributed by atoms with Crippen LogP contribution in [0.3, 0.4) is 0 Å². The first kappa shape index (κ1) is 21.0. The molecule has 0 fully saturated rings. The third-order valence-corrected chi connectivity index (χ3v) is 6.13. The lowest BCUT2D eigenvalue weighted by molar-refractivity contribution is -0.120. The Hall–Kier alpha value is -3.84. The highest BCUT2D eigenvalue weighted by atomic mass is 16.5. The molecule has 4 aromatic rings. The van der Waals surface area contributed by atoms with Crippen molar-refractivity contribution in [3.63, 3.8) is 0 Å². The molecule has 2 N–H and O–H groups in total. The van der Waals surface area contributed by atoms with Gasteiger partial charge in [0.05, 0.1) is 17.1 Å². The number of nitrogen functional groups attached to an aromatic ring is 1. The molecule has 0 atom stereocenters. The van der Waals surface area contributed by atoms with E-state index in [0.29, 0.717) is 18.0 Å². The number of rotatable bonds is 6. The summed E-state index contributed by atoms with van der Waals surface area (Å²) in [5.74, 6) is 0.636. The summed E-state index contributed by atoms with van der Waals surface area (Å²) in [4.78, 5) is 21.1. The number of carbonyl (C=O) groups excluding carboxylic acids is 1. The second-order valence-corrected chi connectivity index (χ2v) is 8.31. The van der Waals surface area contributed by atoms with Crippen molar-refractivity contribution in [2.24, 2.45) is 0 Å². The fourth-order valence-electron chi connectivity index (χ4n) is 4.24. The zero-order chi connectivity index (χ0) is 22.9. The number of pyridine rings is 1. The van der Waals surface area contributed by atoms with Gasteiger partial charge in [0.25, 0.3) is 5.91 Å². The molecule has 2 aromatic heterocycles. The molecule has 0 aliphatic carbocycles. The van der Waals surface area contributed by atoms with Crippen LogP contribution >= 0.6 is 0 Å². The van der Waals surface area contributed by atoms with Gasteiger partial charge < -0.3 is 19.8 Å². The molecule has 1 aliphatic rings. The molecule has 7 nitrogen and oxygen atoms in total. The van der Waals surface area contributed by atoms with Gasteiger partial charge in [0.15, 0.2) is 6.61 Å². The summed E-state index contributed by atoms with van der Waals surface area (Å²) in [6.45, 7) is 4.65. The van der Waals surface area contributed by atoms with Gasteiger partial charge in [-0.15, -0.1) is 0 Å². The first-order valence-electron chi connectivity index (χ1n) is 11.1. The van der Waals surface area contributed by atoms with Gasteiger partial charge in [-0.1, -0.05) is 37.3 Å². The van der Waals surface area contributed by atoms with Crippen molar-refractivity contribution in [2.75, 3.05) is 30.8 Å². The molecule has 0 saturated heterocycles. The van der Waals surface area contributed by atoms with E-state index >= 15 is 0 Å². The number of fused-ring (bicyclic) bond motifs is 2. The Labute approximate surface area is 193 Å². The number of anilines is 2. The van der Waals surface area contributed by atoms with Crippen LogP contribution in [-0.4, -0.2) is 40.4 Å². The molecule has 2 aromatic carbocycles. The maximum absolute atomic E-state index is 12.2. The molecule has 168 valence electrons. The maximum atomic E-state index is 12.2. The topological polar surface area (TPSA) is 76.1 Å². The van der Waals surface area contributed by atoms with Gasteiger partial charge in [0.1, 0.15) is 11.4 Å². The first-order valence-corrected chi connectivity index (χ1v) is 11.1. The van der Waals surface area contributed by atoms with Crippen molar-refractivity contribution in [2.45, 2.75) is 20.0 Å². The minimum Gasteiger partial charge on any atom is -0.482 e. The second kappa shape index (κ2) is 8.60. The molecule has 1 aliphatic heterocycles. The fraction of sp³-hybridized carbons (Fsp3) is 0.231. The minimum absolute atomic E-state index is 0.0622. The summed E-state index contributed by atoms with van der Waals surface area (Å²) in [7, 11) is 1.78. The first-order chi connectivity index (χ1) is 16.0. The summed E-state index contributed by atoms with van der Waals surface area (Å²) in [5.41, 5.74) is 12.5. The third kappa shape index (κ3) is 4.03. The van der Waals surface area contributed by atoms with E-state index < -0.39 is 0 Å². The van der Waals surface area contributed by atoms with E-state index in [1.54, 1.807) is 11.9 Å². The smallest absolute Gasteiger partial charge is 0.264 e. The standard InChI is InChI=1S/C26H27N5O2/c1-3-30(14-18-7-5-4-6-8-18)16-22-26(28-24-12-10-20(27)15-31(22)24)19-9-11-23-21(13-19)29(2)25(32)17-33-23/h4-13,15H,3,14,16-17,27H2,1-2H3. The summed E-state index contributed by atoms with van der Waals surface area (Å²) >= 11 is 0. The third-order valence-electron chi connectivity index (χ3n) is 6.13. The van der Waals surface area contributed by atoms with E-state index in [4.69, 9.17) is 15.5 Å². The quantitative estimate of drug-likeness (QED) is 0.490. The van der Waals surface area contributed by atoms with Crippen LogP contribution in [0.5, 0.6) is 5.75 Å². The molecule has 0 saturated carbocycles. The Morgan fingerprint density at radius 3 is 2.70 bits per heavy atom. The number of imidazole rings is 1. The number of hydrogen-bond acceptors (Lipinski definition) is 5. The van der Waals surface area contributed by atoms with Crippen molar-refractivity contribution < 1.29 is 9.53 Å². The van der Waals surface area contributed by atoms with Crippen LogP contribution in [0, 0.1) is 0 Å². The Morgan fingerprint density at radius 2 is 1.91 bits per heavy atom. The SMILES string of the molecule is CCN(Cc1ccccc1)Cc1c(-c2ccc3c(c2)N(C)C(=O)CO3)nc2ccc(N)cn12. The molecule has 1 amide bonds. The summed E-state index contributed by atoms with van der Waals surface area (Å²) in [6.07, 6.45) is 1.93. The van der Waals surface area contributed by atoms with Crippen molar-refractivity contribution in [1.29, 1.82) is 0 Å². The van der Waals surface area contributed by atoms with Gasteiger partial charge >= 0.3 is 0 Å². The number of amides is 1. The molecule has 0 radical (unpaired) electrons. The van der Waals surface area contributed by atoms with E-state index in [1.807, 2.05) is 42.6 Å². The Bertz CT molecular complexity index is 1320. The zero-order valence-electron chi connectivity index (χ0n) is 18.9. The molecule has 0 bridgehead atoms. The number of hydrogen-bond donors (Lipinski definition) is 1. The number of aromatic nitrogens is 2. The van der Waals surface area contributed by atoms with Crippen molar-refractivity contribution in [1.82, 2.24) is 14.3 Å². The molecular formula is C26H27N5O2. The van der Waals surface area contributed by atoms with Crippen LogP contribution in [0.2, 0.25) is 0 Å². The van der Waals surface area contributed by atoms with Gasteiger partial charge in [0, 0.05) is 37.6 Å². The number of carbonyl (C=O) groups is 1. The fourth-order valence-corrected chi connectivity index (χ4v) is 4.24. The van der Waals surface area contributed by atoms with E-state index in [1.165, 1.54) is 5.56 Å². The van der Waals surface area contributed by atoms with E-state index in [0.717, 1.165) is 41.4 Å². The molecular weight excluding hydrogens is 414 g/mol. The number of ether oxygens (including phenoxy) is 1. The maximum Gasteiger partial charge on any atom is 0.264 e. The minimum atomic E-state index is -0.0670. The normalized spacial score (nSPS) is 13.4. The van der Waals surface area contributed by atoms with Crippen LogP contribution < -0.4 is 15.4 Å². The van der Waals surface area contributed by atoms with Crippen LogP contribution in [0.4, 0.5) is 11.4 Å². The Morgan fingerprint density at radius 1 is 1.09 bits per heavy atom. The van der Waals surface area contributed by atoms with E-state index in [9.17, 15) is 4.79 Å². The lowest BCUT2D eigenvalue weighted by Crippen LogP contribution is -2.35. The van der Waals surface area contributed by atoms with Crippen LogP contribution in [-0.2, 0) is 17.9 Å². The van der Waals surface area contributed by atoms with Gasteiger partial charge in [-0.2, -0.15) is 0 Å². The van der Waals surface area contributed by atoms with Crippen molar-refractivity contribution >= 4 is 22.9 Å². The van der Waals surface area contributed by atoms with E-state index in [2.05, 4.69) is 40.5 Å².